The van der Waals surface area contributed by atoms with Crippen LogP contribution in [0, 0.1) is 12.7 Å². The van der Waals surface area contributed by atoms with Crippen molar-refractivity contribution in [2.24, 2.45) is 0 Å². The molecule has 1 atom stereocenters. The predicted octanol–water partition coefficient (Wildman–Crippen LogP) is 3.42. The van der Waals surface area contributed by atoms with Crippen molar-refractivity contribution < 1.29 is 22.3 Å². The summed E-state index contributed by atoms with van der Waals surface area (Å²) in [6.45, 7) is 2.38. The van der Waals surface area contributed by atoms with Crippen molar-refractivity contribution in [2.75, 3.05) is 32.6 Å². The van der Waals surface area contributed by atoms with Gasteiger partial charge < -0.3 is 14.8 Å². The summed E-state index contributed by atoms with van der Waals surface area (Å²) in [7, 11) is -0.519. The Balaban J connectivity index is 1.79. The largest absolute Gasteiger partial charge is 0.497 e. The van der Waals surface area contributed by atoms with Crippen LogP contribution in [0.1, 0.15) is 18.4 Å². The lowest BCUT2D eigenvalue weighted by molar-refractivity contribution is 0.326. The van der Waals surface area contributed by atoms with E-state index in [0.717, 1.165) is 18.5 Å². The van der Waals surface area contributed by atoms with Crippen LogP contribution in [0.15, 0.2) is 41.3 Å². The van der Waals surface area contributed by atoms with Crippen LogP contribution in [0.25, 0.3) is 0 Å². The first-order valence-corrected chi connectivity index (χ1v) is 10.5. The van der Waals surface area contributed by atoms with E-state index in [2.05, 4.69) is 5.32 Å². The van der Waals surface area contributed by atoms with Gasteiger partial charge in [-0.05, 0) is 43.5 Å². The monoisotopic (exact) mass is 408 g/mol. The third-order valence-electron chi connectivity index (χ3n) is 4.86. The minimum Gasteiger partial charge on any atom is -0.497 e. The van der Waals surface area contributed by atoms with E-state index in [1.54, 1.807) is 27.2 Å². The number of aryl methyl sites for hydroxylation is 1. The number of anilines is 1. The summed E-state index contributed by atoms with van der Waals surface area (Å²) >= 11 is 0. The van der Waals surface area contributed by atoms with E-state index in [9.17, 15) is 12.8 Å². The van der Waals surface area contributed by atoms with Crippen LogP contribution < -0.4 is 14.8 Å². The summed E-state index contributed by atoms with van der Waals surface area (Å²) in [6, 6.07) is 9.18. The molecule has 0 spiro atoms. The summed E-state index contributed by atoms with van der Waals surface area (Å²) in [5, 5.41) is 3.38. The highest BCUT2D eigenvalue weighted by Crippen LogP contribution is 2.29. The lowest BCUT2D eigenvalue weighted by Gasteiger charge is -2.33. The third kappa shape index (κ3) is 4.39. The van der Waals surface area contributed by atoms with Gasteiger partial charge in [0.2, 0.25) is 10.0 Å². The van der Waals surface area contributed by atoms with E-state index in [1.807, 2.05) is 12.1 Å². The maximum Gasteiger partial charge on any atom is 0.243 e. The number of methoxy groups -OCH3 is 2. The molecule has 0 radical (unpaired) electrons. The zero-order valence-corrected chi connectivity index (χ0v) is 17.1. The summed E-state index contributed by atoms with van der Waals surface area (Å²) in [5.41, 5.74) is 1.21. The van der Waals surface area contributed by atoms with E-state index in [-0.39, 0.29) is 10.9 Å². The van der Waals surface area contributed by atoms with Gasteiger partial charge in [-0.15, -0.1) is 0 Å². The second-order valence-corrected chi connectivity index (χ2v) is 8.76. The fourth-order valence-electron chi connectivity index (χ4n) is 3.45. The molecule has 0 unspecified atom stereocenters. The molecule has 0 saturated carbocycles. The Morgan fingerprint density at radius 1 is 1.11 bits per heavy atom. The molecule has 1 fully saturated rings. The Morgan fingerprint density at radius 3 is 2.39 bits per heavy atom. The Morgan fingerprint density at radius 2 is 1.79 bits per heavy atom. The minimum absolute atomic E-state index is 0.0545. The molecule has 152 valence electrons. The third-order valence-corrected chi connectivity index (χ3v) is 6.89. The van der Waals surface area contributed by atoms with E-state index >= 15 is 0 Å². The van der Waals surface area contributed by atoms with Crippen LogP contribution in [0.4, 0.5) is 10.1 Å². The SMILES string of the molecule is COc1cc(N[C@@H]2CCCN(S(=O)(=O)c3ccc(F)cc3C)C2)cc(OC)c1. The van der Waals surface area contributed by atoms with Gasteiger partial charge in [-0.1, -0.05) is 0 Å². The van der Waals surface area contributed by atoms with Crippen LogP contribution in [-0.2, 0) is 10.0 Å². The number of piperidine rings is 1. The standard InChI is InChI=1S/C20H25FN2O4S/c1-14-9-15(21)6-7-20(14)28(24,25)23-8-4-5-16(13-23)22-17-10-18(26-2)12-19(11-17)27-3/h6-7,9-12,16,22H,4-5,8,13H2,1-3H3/t16-/m1/s1. The molecule has 0 aromatic heterocycles. The number of halogens is 1. The van der Waals surface area contributed by atoms with E-state index in [1.165, 1.54) is 22.5 Å². The maximum absolute atomic E-state index is 13.4. The number of ether oxygens (including phenoxy) is 2. The first-order valence-electron chi connectivity index (χ1n) is 9.09. The molecule has 0 aliphatic carbocycles. The smallest absolute Gasteiger partial charge is 0.243 e. The Labute approximate surface area is 165 Å². The van der Waals surface area contributed by atoms with E-state index in [0.29, 0.717) is 30.2 Å². The quantitative estimate of drug-likeness (QED) is 0.793. The van der Waals surface area contributed by atoms with Gasteiger partial charge in [-0.2, -0.15) is 4.31 Å². The molecule has 0 amide bonds. The first-order chi connectivity index (χ1) is 13.3. The lowest BCUT2D eigenvalue weighted by Crippen LogP contribution is -2.45. The summed E-state index contributed by atoms with van der Waals surface area (Å²) < 4.78 is 51.5. The topological polar surface area (TPSA) is 67.9 Å². The number of hydrogen-bond donors (Lipinski definition) is 1. The van der Waals surface area contributed by atoms with Crippen LogP contribution in [-0.4, -0.2) is 46.1 Å². The van der Waals surface area contributed by atoms with Gasteiger partial charge in [0.15, 0.2) is 0 Å². The van der Waals surface area contributed by atoms with Crippen molar-refractivity contribution in [2.45, 2.75) is 30.7 Å². The molecular weight excluding hydrogens is 383 g/mol. The molecule has 1 aliphatic rings. The Kier molecular flexibility index (Phi) is 6.10. The Hall–Kier alpha value is -2.32. The predicted molar refractivity (Wildman–Crippen MR) is 106 cm³/mol. The van der Waals surface area contributed by atoms with Crippen molar-refractivity contribution in [1.82, 2.24) is 4.31 Å². The van der Waals surface area contributed by atoms with E-state index in [4.69, 9.17) is 9.47 Å². The van der Waals surface area contributed by atoms with Crippen molar-refractivity contribution in [3.05, 3.63) is 47.8 Å². The number of nitrogens with zero attached hydrogens (tertiary/aromatic N) is 1. The molecule has 2 aromatic rings. The average Bonchev–Trinajstić information content (AvgIpc) is 2.67. The lowest BCUT2D eigenvalue weighted by atomic mass is 10.1. The zero-order chi connectivity index (χ0) is 20.3. The average molecular weight is 408 g/mol. The number of sulfonamides is 1. The molecule has 2 aromatic carbocycles. The van der Waals surface area contributed by atoms with Crippen LogP contribution in [0.2, 0.25) is 0 Å². The van der Waals surface area contributed by atoms with Crippen LogP contribution >= 0.6 is 0 Å². The first kappa shape index (κ1) is 20.4. The number of hydrogen-bond acceptors (Lipinski definition) is 5. The summed E-state index contributed by atoms with van der Waals surface area (Å²) in [5.74, 6) is 0.870. The van der Waals surface area contributed by atoms with E-state index < -0.39 is 15.8 Å². The van der Waals surface area contributed by atoms with Crippen molar-refractivity contribution in [3.63, 3.8) is 0 Å². The van der Waals surface area contributed by atoms with Gasteiger partial charge in [0, 0.05) is 43.0 Å². The molecule has 1 aliphatic heterocycles. The molecule has 0 bridgehead atoms. The van der Waals surface area contributed by atoms with Crippen molar-refractivity contribution in [1.29, 1.82) is 0 Å². The highest BCUT2D eigenvalue weighted by molar-refractivity contribution is 7.89. The fraction of sp³-hybridized carbons (Fsp3) is 0.400. The van der Waals surface area contributed by atoms with Crippen LogP contribution in [0.5, 0.6) is 11.5 Å². The van der Waals surface area contributed by atoms with Gasteiger partial charge >= 0.3 is 0 Å². The van der Waals surface area contributed by atoms with Crippen LogP contribution in [0.3, 0.4) is 0 Å². The van der Waals surface area contributed by atoms with Gasteiger partial charge in [0.05, 0.1) is 19.1 Å². The number of nitrogens with one attached hydrogen (secondary N) is 1. The molecule has 1 heterocycles. The molecule has 1 N–H and O–H groups in total. The fourth-order valence-corrected chi connectivity index (χ4v) is 5.18. The zero-order valence-electron chi connectivity index (χ0n) is 16.2. The molecule has 28 heavy (non-hydrogen) atoms. The van der Waals surface area contributed by atoms with Gasteiger partial charge in [-0.3, -0.25) is 0 Å². The summed E-state index contributed by atoms with van der Waals surface area (Å²) in [6.07, 6.45) is 1.58. The number of benzene rings is 2. The normalized spacial score (nSPS) is 17.9. The second kappa shape index (κ2) is 8.36. The minimum atomic E-state index is -3.68. The number of rotatable bonds is 6. The van der Waals surface area contributed by atoms with Gasteiger partial charge in [0.25, 0.3) is 0 Å². The molecular formula is C20H25FN2O4S. The molecule has 6 nitrogen and oxygen atoms in total. The molecule has 1 saturated heterocycles. The highest BCUT2D eigenvalue weighted by Gasteiger charge is 2.31. The molecule has 8 heteroatoms. The second-order valence-electron chi connectivity index (χ2n) is 6.86. The highest BCUT2D eigenvalue weighted by atomic mass is 32.2. The van der Waals surface area contributed by atoms with Crippen molar-refractivity contribution >= 4 is 15.7 Å². The van der Waals surface area contributed by atoms with Gasteiger partial charge in [0.1, 0.15) is 17.3 Å². The summed E-state index contributed by atoms with van der Waals surface area (Å²) in [4.78, 5) is 0.151. The van der Waals surface area contributed by atoms with Gasteiger partial charge in [-0.25, -0.2) is 12.8 Å². The molecule has 3 rings (SSSR count). The maximum atomic E-state index is 13.4. The van der Waals surface area contributed by atoms with Crippen molar-refractivity contribution in [3.8, 4) is 11.5 Å². The Bertz CT molecular complexity index is 927.